The molecule has 0 fully saturated rings. The molecule has 0 atom stereocenters. The molecule has 0 saturated heterocycles. The Morgan fingerprint density at radius 3 is 2.57 bits per heavy atom. The molecule has 2 N–H and O–H groups in total. The van der Waals surface area contributed by atoms with E-state index in [0.29, 0.717) is 17.8 Å². The van der Waals surface area contributed by atoms with E-state index < -0.39 is 11.9 Å². The van der Waals surface area contributed by atoms with Crippen LogP contribution in [0.15, 0.2) is 42.6 Å². The number of aromatic hydroxyl groups is 1. The smallest absolute Gasteiger partial charge is 0.325 e. The van der Waals surface area contributed by atoms with Gasteiger partial charge in [0.2, 0.25) is 0 Å². The van der Waals surface area contributed by atoms with Crippen LogP contribution in [0.25, 0.3) is 22.3 Å². The van der Waals surface area contributed by atoms with E-state index in [0.717, 1.165) is 17.7 Å². The van der Waals surface area contributed by atoms with Gasteiger partial charge in [0.15, 0.2) is 0 Å². The van der Waals surface area contributed by atoms with Crippen molar-refractivity contribution in [3.05, 3.63) is 48.2 Å². The minimum Gasteiger partial charge on any atom is -0.507 e. The normalized spacial score (nSPS) is 10.6. The summed E-state index contributed by atoms with van der Waals surface area (Å²) in [5, 5.41) is 12.6. The second-order valence-corrected chi connectivity index (χ2v) is 6.44. The molecule has 3 aromatic rings. The summed E-state index contributed by atoms with van der Waals surface area (Å²) in [6.45, 7) is 4.28. The van der Waals surface area contributed by atoms with Gasteiger partial charge < -0.3 is 19.9 Å². The number of rotatable bonds is 8. The molecule has 0 aliphatic carbocycles. The Balaban J connectivity index is 1.86. The van der Waals surface area contributed by atoms with Crippen molar-refractivity contribution in [2.24, 2.45) is 0 Å². The highest BCUT2D eigenvalue weighted by Gasteiger charge is 2.18. The van der Waals surface area contributed by atoms with Crippen LogP contribution in [0.5, 0.6) is 11.5 Å². The first-order chi connectivity index (χ1) is 14.5. The molecule has 3 rings (SSSR count). The number of fused-ring (bicyclic) bond motifs is 1. The summed E-state index contributed by atoms with van der Waals surface area (Å²) in [5.74, 6) is -0.667. The Bertz CT molecular complexity index is 1050. The summed E-state index contributed by atoms with van der Waals surface area (Å²) in [4.78, 5) is 32.9. The Hall–Kier alpha value is -3.68. The van der Waals surface area contributed by atoms with Crippen molar-refractivity contribution in [3.8, 4) is 22.8 Å². The molecule has 30 heavy (non-hydrogen) atoms. The van der Waals surface area contributed by atoms with Gasteiger partial charge in [0, 0.05) is 5.56 Å². The van der Waals surface area contributed by atoms with Crippen molar-refractivity contribution < 1.29 is 24.2 Å². The highest BCUT2D eigenvalue weighted by molar-refractivity contribution is 6.08. The standard InChI is InChI=1S/C22H23N3O5/c1-3-11-30-15-7-5-14(6-8-15)17-12-23-21-16(25-17)9-10-18(26)20(21)22(28)24-13-19(27)29-4-2/h5-10,12,26H,3-4,11,13H2,1-2H3,(H,24,28). The number of phenolic OH excluding ortho intramolecular Hbond substituents is 1. The number of nitrogens with one attached hydrogen (secondary N) is 1. The predicted molar refractivity (Wildman–Crippen MR) is 111 cm³/mol. The molecule has 1 aromatic heterocycles. The van der Waals surface area contributed by atoms with Crippen molar-refractivity contribution in [3.63, 3.8) is 0 Å². The number of nitrogens with zero attached hydrogens (tertiary/aromatic N) is 2. The van der Waals surface area contributed by atoms with E-state index >= 15 is 0 Å². The molecule has 0 spiro atoms. The molecule has 0 unspecified atom stereocenters. The van der Waals surface area contributed by atoms with E-state index in [-0.39, 0.29) is 30.0 Å². The molecule has 0 saturated carbocycles. The van der Waals surface area contributed by atoms with Crippen molar-refractivity contribution >= 4 is 22.9 Å². The summed E-state index contributed by atoms with van der Waals surface area (Å²) in [5.41, 5.74) is 2.10. The first-order valence-electron chi connectivity index (χ1n) is 9.69. The Labute approximate surface area is 173 Å². The van der Waals surface area contributed by atoms with Crippen LogP contribution in [-0.2, 0) is 9.53 Å². The Morgan fingerprint density at radius 2 is 1.87 bits per heavy atom. The van der Waals surface area contributed by atoms with Crippen molar-refractivity contribution in [1.29, 1.82) is 0 Å². The van der Waals surface area contributed by atoms with Crippen LogP contribution in [0.3, 0.4) is 0 Å². The van der Waals surface area contributed by atoms with Gasteiger partial charge in [-0.05, 0) is 49.7 Å². The fraction of sp³-hybridized carbons (Fsp3) is 0.273. The summed E-state index contributed by atoms with van der Waals surface area (Å²) in [7, 11) is 0. The predicted octanol–water partition coefficient (Wildman–Crippen LogP) is 3.08. The summed E-state index contributed by atoms with van der Waals surface area (Å²) >= 11 is 0. The van der Waals surface area contributed by atoms with Crippen molar-refractivity contribution in [2.75, 3.05) is 19.8 Å². The van der Waals surface area contributed by atoms with Gasteiger partial charge in [-0.25, -0.2) is 4.98 Å². The summed E-state index contributed by atoms with van der Waals surface area (Å²) < 4.78 is 10.4. The zero-order valence-electron chi connectivity index (χ0n) is 16.8. The average Bonchev–Trinajstić information content (AvgIpc) is 2.76. The number of ether oxygens (including phenoxy) is 2. The van der Waals surface area contributed by atoms with Gasteiger partial charge >= 0.3 is 5.97 Å². The number of carbonyl (C=O) groups is 2. The fourth-order valence-corrected chi connectivity index (χ4v) is 2.83. The number of amides is 1. The van der Waals surface area contributed by atoms with Gasteiger partial charge in [0.25, 0.3) is 5.91 Å². The third-order valence-corrected chi connectivity index (χ3v) is 4.24. The van der Waals surface area contributed by atoms with Crippen LogP contribution in [-0.4, -0.2) is 46.7 Å². The van der Waals surface area contributed by atoms with Crippen LogP contribution >= 0.6 is 0 Å². The second kappa shape index (κ2) is 9.69. The van der Waals surface area contributed by atoms with Gasteiger partial charge in [-0.15, -0.1) is 0 Å². The molecule has 2 aromatic carbocycles. The number of carbonyl (C=O) groups excluding carboxylic acids is 2. The first-order valence-corrected chi connectivity index (χ1v) is 9.69. The zero-order valence-corrected chi connectivity index (χ0v) is 16.8. The number of hydrogen-bond donors (Lipinski definition) is 2. The molecule has 1 heterocycles. The van der Waals surface area contributed by atoms with Gasteiger partial charge in [-0.3, -0.25) is 14.6 Å². The number of phenols is 1. The van der Waals surface area contributed by atoms with Gasteiger partial charge in [-0.1, -0.05) is 6.92 Å². The summed E-state index contributed by atoms with van der Waals surface area (Å²) in [6.07, 6.45) is 2.46. The maximum Gasteiger partial charge on any atom is 0.325 e. The molecule has 0 radical (unpaired) electrons. The maximum atomic E-state index is 12.5. The van der Waals surface area contributed by atoms with Crippen LogP contribution in [0.2, 0.25) is 0 Å². The van der Waals surface area contributed by atoms with Crippen molar-refractivity contribution in [1.82, 2.24) is 15.3 Å². The highest BCUT2D eigenvalue weighted by atomic mass is 16.5. The molecule has 0 bridgehead atoms. The molecule has 8 heteroatoms. The lowest BCUT2D eigenvalue weighted by Crippen LogP contribution is -2.31. The quantitative estimate of drug-likeness (QED) is 0.550. The molecular weight excluding hydrogens is 386 g/mol. The minimum atomic E-state index is -0.634. The van der Waals surface area contributed by atoms with Crippen molar-refractivity contribution in [2.45, 2.75) is 20.3 Å². The third kappa shape index (κ3) is 4.83. The lowest BCUT2D eigenvalue weighted by atomic mass is 10.1. The van der Waals surface area contributed by atoms with E-state index in [4.69, 9.17) is 9.47 Å². The van der Waals surface area contributed by atoms with Gasteiger partial charge in [-0.2, -0.15) is 0 Å². The van der Waals surface area contributed by atoms with E-state index in [9.17, 15) is 14.7 Å². The second-order valence-electron chi connectivity index (χ2n) is 6.44. The van der Waals surface area contributed by atoms with E-state index in [2.05, 4.69) is 15.3 Å². The average molecular weight is 409 g/mol. The largest absolute Gasteiger partial charge is 0.507 e. The Morgan fingerprint density at radius 1 is 1.10 bits per heavy atom. The number of esters is 1. The third-order valence-electron chi connectivity index (χ3n) is 4.24. The molecule has 0 aliphatic heterocycles. The van der Waals surface area contributed by atoms with Crippen LogP contribution < -0.4 is 10.1 Å². The lowest BCUT2D eigenvalue weighted by molar-refractivity contribution is -0.141. The first kappa shape index (κ1) is 21.0. The molecule has 156 valence electrons. The van der Waals surface area contributed by atoms with Crippen LogP contribution in [0, 0.1) is 0 Å². The molecular formula is C22H23N3O5. The number of hydrogen-bond acceptors (Lipinski definition) is 7. The topological polar surface area (TPSA) is 111 Å². The number of aromatic nitrogens is 2. The van der Waals surface area contributed by atoms with Crippen LogP contribution in [0.4, 0.5) is 0 Å². The maximum absolute atomic E-state index is 12.5. The minimum absolute atomic E-state index is 0.0424. The molecule has 1 amide bonds. The molecule has 8 nitrogen and oxygen atoms in total. The zero-order chi connectivity index (χ0) is 21.5. The van der Waals surface area contributed by atoms with E-state index in [1.807, 2.05) is 31.2 Å². The Kier molecular flexibility index (Phi) is 6.79. The van der Waals surface area contributed by atoms with E-state index in [1.54, 1.807) is 13.0 Å². The van der Waals surface area contributed by atoms with Gasteiger partial charge in [0.05, 0.1) is 30.6 Å². The monoisotopic (exact) mass is 409 g/mol. The SMILES string of the molecule is CCCOc1ccc(-c2cnc3c(C(=O)NCC(=O)OCC)c(O)ccc3n2)cc1. The van der Waals surface area contributed by atoms with E-state index in [1.165, 1.54) is 12.3 Å². The fourth-order valence-electron chi connectivity index (χ4n) is 2.83. The molecule has 0 aliphatic rings. The summed E-state index contributed by atoms with van der Waals surface area (Å²) in [6, 6.07) is 10.5. The highest BCUT2D eigenvalue weighted by Crippen LogP contribution is 2.27. The lowest BCUT2D eigenvalue weighted by Gasteiger charge is -2.10. The number of benzene rings is 2. The van der Waals surface area contributed by atoms with Crippen LogP contribution in [0.1, 0.15) is 30.6 Å². The van der Waals surface area contributed by atoms with Gasteiger partial charge in [0.1, 0.15) is 29.1 Å².